The van der Waals surface area contributed by atoms with Crippen molar-refractivity contribution in [3.05, 3.63) is 197 Å². The summed E-state index contributed by atoms with van der Waals surface area (Å²) in [5.41, 5.74) is 19.7. The number of benzene rings is 6. The van der Waals surface area contributed by atoms with Gasteiger partial charge in [0.25, 0.3) is 0 Å². The quantitative estimate of drug-likeness (QED) is 0.131. The van der Waals surface area contributed by atoms with E-state index in [1.807, 2.05) is 13.0 Å². The fraction of sp³-hybridized carbons (Fsp3) is 0.0816. The fourth-order valence-electron chi connectivity index (χ4n) is 8.50. The maximum absolute atomic E-state index is 5.03. The van der Waals surface area contributed by atoms with Crippen LogP contribution in [0.5, 0.6) is 0 Å². The van der Waals surface area contributed by atoms with Crippen LogP contribution < -0.4 is 0 Å². The molecular formula is C49H37N3. The molecule has 0 amide bonds. The van der Waals surface area contributed by atoms with E-state index in [2.05, 4.69) is 171 Å². The van der Waals surface area contributed by atoms with Crippen molar-refractivity contribution in [2.75, 3.05) is 0 Å². The second-order valence-electron chi connectivity index (χ2n) is 13.9. The van der Waals surface area contributed by atoms with Gasteiger partial charge in [0.1, 0.15) is 5.82 Å². The van der Waals surface area contributed by atoms with E-state index in [4.69, 9.17) is 9.97 Å². The Morgan fingerprint density at radius 1 is 0.538 bits per heavy atom. The zero-order valence-electron chi connectivity index (χ0n) is 29.6. The molecular weight excluding hydrogens is 631 g/mol. The van der Waals surface area contributed by atoms with Gasteiger partial charge < -0.3 is 0 Å². The highest BCUT2D eigenvalue weighted by Gasteiger charge is 2.51. The van der Waals surface area contributed by atoms with E-state index in [0.717, 1.165) is 33.9 Å². The Hall–Kier alpha value is -6.45. The van der Waals surface area contributed by atoms with Crippen molar-refractivity contribution in [1.82, 2.24) is 9.97 Å². The van der Waals surface area contributed by atoms with Gasteiger partial charge in [-0.2, -0.15) is 0 Å². The Balaban J connectivity index is 1.26. The van der Waals surface area contributed by atoms with Gasteiger partial charge >= 0.3 is 0 Å². The predicted molar refractivity (Wildman–Crippen MR) is 216 cm³/mol. The molecule has 0 unspecified atom stereocenters. The molecule has 7 aromatic rings. The summed E-state index contributed by atoms with van der Waals surface area (Å²) in [7, 11) is 0. The van der Waals surface area contributed by atoms with E-state index in [1.165, 1.54) is 66.8 Å². The molecule has 0 fully saturated rings. The minimum atomic E-state index is -0.467. The van der Waals surface area contributed by atoms with Crippen molar-refractivity contribution in [1.29, 1.82) is 0 Å². The lowest BCUT2D eigenvalue weighted by Crippen LogP contribution is -2.25. The normalized spacial score (nSPS) is 13.1. The molecule has 9 rings (SSSR count). The molecule has 1 aromatic heterocycles. The first-order valence-electron chi connectivity index (χ1n) is 17.8. The van der Waals surface area contributed by atoms with Crippen LogP contribution in [0.2, 0.25) is 0 Å². The van der Waals surface area contributed by atoms with Crippen LogP contribution in [0.4, 0.5) is 0 Å². The van der Waals surface area contributed by atoms with Crippen LogP contribution in [0.1, 0.15) is 47.5 Å². The number of aromatic nitrogens is 2. The monoisotopic (exact) mass is 667 g/mol. The first-order valence-corrected chi connectivity index (χ1v) is 17.8. The third kappa shape index (κ3) is 4.85. The Morgan fingerprint density at radius 2 is 1.13 bits per heavy atom. The summed E-state index contributed by atoms with van der Waals surface area (Å²) >= 11 is 0. The summed E-state index contributed by atoms with van der Waals surface area (Å²) in [6.45, 7) is 9.96. The van der Waals surface area contributed by atoms with Gasteiger partial charge in [-0.1, -0.05) is 127 Å². The molecule has 3 nitrogen and oxygen atoms in total. The molecule has 0 saturated heterocycles. The maximum atomic E-state index is 5.03. The lowest BCUT2D eigenvalue weighted by molar-refractivity contribution is 0.794. The Labute approximate surface area is 305 Å². The second-order valence-corrected chi connectivity index (χ2v) is 13.9. The van der Waals surface area contributed by atoms with Crippen LogP contribution in [0.3, 0.4) is 0 Å². The molecule has 0 N–H and O–H groups in total. The Kier molecular flexibility index (Phi) is 7.52. The molecule has 0 radical (unpaired) electrons. The van der Waals surface area contributed by atoms with Crippen LogP contribution >= 0.6 is 0 Å². The zero-order valence-corrected chi connectivity index (χ0v) is 29.6. The molecule has 1 heterocycles. The summed E-state index contributed by atoms with van der Waals surface area (Å²) in [6, 6.07) is 53.1. The number of aryl methyl sites for hydroxylation is 1. The van der Waals surface area contributed by atoms with Gasteiger partial charge in [-0.05, 0) is 125 Å². The van der Waals surface area contributed by atoms with E-state index in [-0.39, 0.29) is 0 Å². The highest BCUT2D eigenvalue weighted by atomic mass is 14.9. The molecule has 0 atom stereocenters. The van der Waals surface area contributed by atoms with Crippen molar-refractivity contribution in [2.24, 2.45) is 4.99 Å². The highest BCUT2D eigenvalue weighted by molar-refractivity contribution is 5.97. The summed E-state index contributed by atoms with van der Waals surface area (Å²) in [6.07, 6.45) is 3.83. The standard InChI is InChI=1S/C49H37N3/c1-31(2)38(25-26-50-4)35-22-24-45-42(28-35)41-23-21-37(29-46(41)49(45)43-19-10-8-17-39(43)40-18-9-11-20-44(40)49)48-30-47(51-32(3)52-48)36-16-12-15-34(27-36)33-13-6-5-7-14-33/h5-30H,4H2,1-3H3/b26-25-. The van der Waals surface area contributed by atoms with Gasteiger partial charge in [-0.15, -0.1) is 0 Å². The van der Waals surface area contributed by atoms with Gasteiger partial charge in [0, 0.05) is 17.3 Å². The van der Waals surface area contributed by atoms with Crippen molar-refractivity contribution in [2.45, 2.75) is 26.2 Å². The predicted octanol–water partition coefficient (Wildman–Crippen LogP) is 12.1. The number of hydrogen-bond donors (Lipinski definition) is 0. The van der Waals surface area contributed by atoms with E-state index < -0.39 is 5.41 Å². The van der Waals surface area contributed by atoms with E-state index >= 15 is 0 Å². The summed E-state index contributed by atoms with van der Waals surface area (Å²) < 4.78 is 0. The zero-order chi connectivity index (χ0) is 35.4. The van der Waals surface area contributed by atoms with Crippen LogP contribution in [0, 0.1) is 6.92 Å². The summed E-state index contributed by atoms with van der Waals surface area (Å²) in [5, 5.41) is 0. The van der Waals surface area contributed by atoms with Crippen molar-refractivity contribution in [3.63, 3.8) is 0 Å². The number of rotatable bonds is 6. The number of fused-ring (bicyclic) bond motifs is 10. The third-order valence-corrected chi connectivity index (χ3v) is 10.7. The number of allylic oxidation sites excluding steroid dienone is 3. The molecule has 2 aliphatic carbocycles. The first-order chi connectivity index (χ1) is 25.5. The third-order valence-electron chi connectivity index (χ3n) is 10.7. The maximum Gasteiger partial charge on any atom is 0.126 e. The van der Waals surface area contributed by atoms with Crippen molar-refractivity contribution < 1.29 is 0 Å². The van der Waals surface area contributed by atoms with Crippen LogP contribution in [0.15, 0.2) is 168 Å². The fourth-order valence-corrected chi connectivity index (χ4v) is 8.50. The SMILES string of the molecule is C=N/C=C\C(=C(C)C)c1ccc2c(c1)-c1ccc(-c3cc(-c4cccc(-c5ccccc5)c4)nc(C)n3)cc1C21c2ccccc2-c2ccccc21. The molecule has 1 spiro atoms. The molecule has 2 aliphatic rings. The van der Waals surface area contributed by atoms with Crippen molar-refractivity contribution >= 4 is 12.3 Å². The smallest absolute Gasteiger partial charge is 0.126 e. The summed E-state index contributed by atoms with van der Waals surface area (Å²) in [5.74, 6) is 0.744. The molecule has 3 heteroatoms. The van der Waals surface area contributed by atoms with Gasteiger partial charge in [0.05, 0.1) is 16.8 Å². The largest absolute Gasteiger partial charge is 0.272 e. The molecule has 0 bridgehead atoms. The highest BCUT2D eigenvalue weighted by Crippen LogP contribution is 2.63. The van der Waals surface area contributed by atoms with Gasteiger partial charge in [0.2, 0.25) is 0 Å². The molecule has 6 aromatic carbocycles. The van der Waals surface area contributed by atoms with Crippen LogP contribution in [-0.4, -0.2) is 16.7 Å². The van der Waals surface area contributed by atoms with Crippen LogP contribution in [0.25, 0.3) is 61.5 Å². The van der Waals surface area contributed by atoms with Crippen LogP contribution in [-0.2, 0) is 5.41 Å². The van der Waals surface area contributed by atoms with Gasteiger partial charge in [-0.25, -0.2) is 9.97 Å². The van der Waals surface area contributed by atoms with E-state index in [9.17, 15) is 0 Å². The number of aliphatic imine (C=N–C) groups is 1. The van der Waals surface area contributed by atoms with Gasteiger partial charge in [0.15, 0.2) is 0 Å². The minimum Gasteiger partial charge on any atom is -0.272 e. The lowest BCUT2D eigenvalue weighted by Gasteiger charge is -2.30. The Morgan fingerprint density at radius 3 is 1.83 bits per heavy atom. The number of nitrogens with zero attached hydrogens (tertiary/aromatic N) is 3. The lowest BCUT2D eigenvalue weighted by atomic mass is 9.70. The molecule has 0 saturated carbocycles. The number of hydrogen-bond acceptors (Lipinski definition) is 3. The minimum absolute atomic E-state index is 0.467. The average Bonchev–Trinajstić information content (AvgIpc) is 3.65. The second kappa shape index (κ2) is 12.4. The van der Waals surface area contributed by atoms with E-state index in [1.54, 1.807) is 6.20 Å². The molecule has 0 aliphatic heterocycles. The molecule has 52 heavy (non-hydrogen) atoms. The van der Waals surface area contributed by atoms with Gasteiger partial charge in [-0.3, -0.25) is 4.99 Å². The topological polar surface area (TPSA) is 38.1 Å². The molecule has 248 valence electrons. The van der Waals surface area contributed by atoms with Crippen molar-refractivity contribution in [3.8, 4) is 55.9 Å². The first kappa shape index (κ1) is 31.5. The summed E-state index contributed by atoms with van der Waals surface area (Å²) in [4.78, 5) is 14.0. The van der Waals surface area contributed by atoms with E-state index in [0.29, 0.717) is 0 Å². The Bertz CT molecular complexity index is 2580. The average molecular weight is 668 g/mol.